The minimum absolute atomic E-state index is 0.235. The van der Waals surface area contributed by atoms with Crippen LogP contribution in [0.5, 0.6) is 0 Å². The van der Waals surface area contributed by atoms with Gasteiger partial charge in [-0.1, -0.05) is 24.3 Å². The number of carbonyl (C=O) groups excluding carboxylic acids is 1. The van der Waals surface area contributed by atoms with E-state index in [-0.39, 0.29) is 5.91 Å². The first-order chi connectivity index (χ1) is 13.2. The van der Waals surface area contributed by atoms with E-state index in [4.69, 9.17) is 4.42 Å². The van der Waals surface area contributed by atoms with E-state index in [0.29, 0.717) is 30.3 Å². The van der Waals surface area contributed by atoms with Crippen LogP contribution < -0.4 is 5.32 Å². The Kier molecular flexibility index (Phi) is 4.84. The highest BCUT2D eigenvalue weighted by Crippen LogP contribution is 2.25. The van der Waals surface area contributed by atoms with Crippen molar-refractivity contribution in [2.45, 2.75) is 13.3 Å². The van der Waals surface area contributed by atoms with Gasteiger partial charge in [-0.3, -0.25) is 4.79 Å². The molecular formula is C20H18N4O2S. The molecule has 0 saturated carbocycles. The maximum Gasteiger partial charge on any atom is 0.273 e. The molecule has 0 unspecified atom stereocenters. The van der Waals surface area contributed by atoms with Gasteiger partial charge in [0.05, 0.1) is 16.3 Å². The average molecular weight is 378 g/mol. The minimum Gasteiger partial charge on any atom is -0.440 e. The molecule has 6 nitrogen and oxygen atoms in total. The molecule has 1 N–H and O–H groups in total. The van der Waals surface area contributed by atoms with Crippen molar-refractivity contribution < 1.29 is 9.21 Å². The SMILES string of the molecule is Cc1oc(-c2cccs2)nc1C(=O)NCCc1ccn(-c2ccccc2)n1. The summed E-state index contributed by atoms with van der Waals surface area (Å²) in [5.41, 5.74) is 2.25. The number of amides is 1. The maximum absolute atomic E-state index is 12.4. The predicted octanol–water partition coefficient (Wildman–Crippen LogP) is 3.87. The topological polar surface area (TPSA) is 73.0 Å². The molecule has 0 radical (unpaired) electrons. The third-order valence-electron chi connectivity index (χ3n) is 4.08. The van der Waals surface area contributed by atoms with Crippen molar-refractivity contribution in [1.29, 1.82) is 0 Å². The van der Waals surface area contributed by atoms with Gasteiger partial charge in [-0.25, -0.2) is 9.67 Å². The van der Waals surface area contributed by atoms with Gasteiger partial charge in [-0.2, -0.15) is 5.10 Å². The first-order valence-corrected chi connectivity index (χ1v) is 9.48. The normalized spacial score (nSPS) is 10.9. The molecule has 7 heteroatoms. The summed E-state index contributed by atoms with van der Waals surface area (Å²) in [6.07, 6.45) is 2.56. The van der Waals surface area contributed by atoms with Gasteiger partial charge < -0.3 is 9.73 Å². The Bertz CT molecular complexity index is 1040. The summed E-state index contributed by atoms with van der Waals surface area (Å²) in [6, 6.07) is 15.7. The molecular weight excluding hydrogens is 360 g/mol. The predicted molar refractivity (Wildman–Crippen MR) is 104 cm³/mol. The Morgan fingerprint density at radius 2 is 2.04 bits per heavy atom. The van der Waals surface area contributed by atoms with E-state index in [1.54, 1.807) is 6.92 Å². The standard InChI is InChI=1S/C20H18N4O2S/c1-14-18(22-20(26-14)17-8-5-13-27-17)19(25)21-11-9-15-10-12-24(23-15)16-6-3-2-4-7-16/h2-8,10,12-13H,9,11H2,1H3,(H,21,25). The highest BCUT2D eigenvalue weighted by atomic mass is 32.1. The van der Waals surface area contributed by atoms with Crippen LogP contribution in [0, 0.1) is 6.92 Å². The van der Waals surface area contributed by atoms with E-state index in [0.717, 1.165) is 16.3 Å². The van der Waals surface area contributed by atoms with Crippen molar-refractivity contribution in [2.75, 3.05) is 6.54 Å². The van der Waals surface area contributed by atoms with E-state index in [2.05, 4.69) is 15.4 Å². The third-order valence-corrected chi connectivity index (χ3v) is 4.93. The van der Waals surface area contributed by atoms with Crippen LogP contribution in [0.1, 0.15) is 21.9 Å². The van der Waals surface area contributed by atoms with E-state index in [9.17, 15) is 4.79 Å². The van der Waals surface area contributed by atoms with E-state index < -0.39 is 0 Å². The van der Waals surface area contributed by atoms with Crippen LogP contribution >= 0.6 is 11.3 Å². The van der Waals surface area contributed by atoms with Crippen LogP contribution in [-0.2, 0) is 6.42 Å². The molecule has 4 aromatic rings. The fourth-order valence-electron chi connectivity index (χ4n) is 2.72. The van der Waals surface area contributed by atoms with Gasteiger partial charge in [0.25, 0.3) is 5.91 Å². The lowest BCUT2D eigenvalue weighted by Crippen LogP contribution is -2.26. The third kappa shape index (κ3) is 3.83. The Morgan fingerprint density at radius 1 is 1.19 bits per heavy atom. The smallest absolute Gasteiger partial charge is 0.273 e. The molecule has 1 amide bonds. The molecule has 0 atom stereocenters. The number of rotatable bonds is 6. The lowest BCUT2D eigenvalue weighted by Gasteiger charge is -2.02. The van der Waals surface area contributed by atoms with E-state index >= 15 is 0 Å². The van der Waals surface area contributed by atoms with Gasteiger partial charge in [0.1, 0.15) is 5.76 Å². The van der Waals surface area contributed by atoms with Crippen LogP contribution in [0.15, 0.2) is 64.5 Å². The molecule has 0 saturated heterocycles. The van der Waals surface area contributed by atoms with Crippen LogP contribution in [0.4, 0.5) is 0 Å². The molecule has 27 heavy (non-hydrogen) atoms. The van der Waals surface area contributed by atoms with Gasteiger partial charge in [0.2, 0.25) is 5.89 Å². The van der Waals surface area contributed by atoms with Crippen LogP contribution in [-0.4, -0.2) is 27.2 Å². The van der Waals surface area contributed by atoms with Crippen LogP contribution in [0.3, 0.4) is 0 Å². The summed E-state index contributed by atoms with van der Waals surface area (Å²) in [6.45, 7) is 2.23. The number of para-hydroxylation sites is 1. The fourth-order valence-corrected chi connectivity index (χ4v) is 3.37. The first kappa shape index (κ1) is 17.2. The Balaban J connectivity index is 1.36. The first-order valence-electron chi connectivity index (χ1n) is 8.60. The second kappa shape index (κ2) is 7.59. The molecule has 0 aliphatic heterocycles. The number of aryl methyl sites for hydroxylation is 1. The maximum atomic E-state index is 12.4. The van der Waals surface area contributed by atoms with Gasteiger partial charge >= 0.3 is 0 Å². The van der Waals surface area contributed by atoms with Crippen molar-refractivity contribution in [3.8, 4) is 16.5 Å². The number of nitrogens with one attached hydrogen (secondary N) is 1. The number of benzene rings is 1. The van der Waals surface area contributed by atoms with Crippen molar-refractivity contribution in [1.82, 2.24) is 20.1 Å². The monoisotopic (exact) mass is 378 g/mol. The average Bonchev–Trinajstić information content (AvgIpc) is 3.43. The van der Waals surface area contributed by atoms with Gasteiger partial charge in [0, 0.05) is 19.2 Å². The summed E-state index contributed by atoms with van der Waals surface area (Å²) in [7, 11) is 0. The zero-order valence-corrected chi connectivity index (χ0v) is 15.6. The largest absolute Gasteiger partial charge is 0.440 e. The fraction of sp³-hybridized carbons (Fsp3) is 0.150. The Morgan fingerprint density at radius 3 is 2.81 bits per heavy atom. The van der Waals surface area contributed by atoms with Crippen LogP contribution in [0.25, 0.3) is 16.5 Å². The van der Waals surface area contributed by atoms with Crippen molar-refractivity contribution in [2.24, 2.45) is 0 Å². The molecule has 136 valence electrons. The second-order valence-corrected chi connectivity index (χ2v) is 6.94. The quantitative estimate of drug-likeness (QED) is 0.553. The molecule has 3 heterocycles. The van der Waals surface area contributed by atoms with Crippen LogP contribution in [0.2, 0.25) is 0 Å². The molecule has 3 aromatic heterocycles. The van der Waals surface area contributed by atoms with Gasteiger partial charge in [0.15, 0.2) is 5.69 Å². The summed E-state index contributed by atoms with van der Waals surface area (Å²) in [5, 5.41) is 9.37. The minimum atomic E-state index is -0.235. The van der Waals surface area contributed by atoms with Crippen molar-refractivity contribution in [3.05, 3.63) is 77.3 Å². The van der Waals surface area contributed by atoms with Crippen molar-refractivity contribution in [3.63, 3.8) is 0 Å². The number of oxazole rings is 1. The zero-order valence-electron chi connectivity index (χ0n) is 14.8. The Hall–Kier alpha value is -3.19. The number of aromatic nitrogens is 3. The molecule has 0 bridgehead atoms. The number of thiophene rings is 1. The van der Waals surface area contributed by atoms with Gasteiger partial charge in [-0.05, 0) is 36.6 Å². The summed E-state index contributed by atoms with van der Waals surface area (Å²) < 4.78 is 7.45. The molecule has 0 aliphatic carbocycles. The number of nitrogens with zero attached hydrogens (tertiary/aromatic N) is 3. The second-order valence-electron chi connectivity index (χ2n) is 5.99. The van der Waals surface area contributed by atoms with E-state index in [1.165, 1.54) is 11.3 Å². The lowest BCUT2D eigenvalue weighted by molar-refractivity contribution is 0.0948. The molecule has 0 spiro atoms. The molecule has 4 rings (SSSR count). The highest BCUT2D eigenvalue weighted by molar-refractivity contribution is 7.13. The summed E-state index contributed by atoms with van der Waals surface area (Å²) in [4.78, 5) is 17.6. The molecule has 0 aliphatic rings. The molecule has 0 fully saturated rings. The zero-order chi connectivity index (χ0) is 18.6. The van der Waals surface area contributed by atoms with E-state index in [1.807, 2.05) is 64.8 Å². The number of hydrogen-bond acceptors (Lipinski definition) is 5. The number of carbonyl (C=O) groups is 1. The summed E-state index contributed by atoms with van der Waals surface area (Å²) >= 11 is 1.53. The molecule has 1 aromatic carbocycles. The van der Waals surface area contributed by atoms with Gasteiger partial charge in [-0.15, -0.1) is 11.3 Å². The number of hydrogen-bond donors (Lipinski definition) is 1. The summed E-state index contributed by atoms with van der Waals surface area (Å²) in [5.74, 6) is 0.764. The van der Waals surface area contributed by atoms with Crippen molar-refractivity contribution >= 4 is 17.2 Å². The lowest BCUT2D eigenvalue weighted by atomic mass is 10.3. The highest BCUT2D eigenvalue weighted by Gasteiger charge is 2.18. The Labute approximate surface area is 160 Å².